The molecule has 0 saturated carbocycles. The Labute approximate surface area is 120 Å². The Bertz CT molecular complexity index is 598. The fourth-order valence-corrected chi connectivity index (χ4v) is 3.08. The van der Waals surface area contributed by atoms with E-state index >= 15 is 0 Å². The van der Waals surface area contributed by atoms with Crippen LogP contribution in [0, 0.1) is 0 Å². The molecule has 0 aliphatic heterocycles. The van der Waals surface area contributed by atoms with Crippen molar-refractivity contribution >= 4 is 28.9 Å². The average molecular weight is 297 g/mol. The van der Waals surface area contributed by atoms with Crippen molar-refractivity contribution in [2.24, 2.45) is 0 Å². The highest BCUT2D eigenvalue weighted by atomic mass is 35.5. The quantitative estimate of drug-likeness (QED) is 0.942. The first-order chi connectivity index (χ1) is 9.00. The summed E-state index contributed by atoms with van der Waals surface area (Å²) in [6.45, 7) is 0. The maximum atomic E-state index is 10.9. The zero-order chi connectivity index (χ0) is 14.0. The highest BCUT2D eigenvalue weighted by molar-refractivity contribution is 7.10. The number of carbonyl (C=O) groups is 1. The van der Waals surface area contributed by atoms with E-state index in [1.807, 2.05) is 43.3 Å². The molecule has 2 aromatic rings. The number of halogens is 1. The second-order valence-electron chi connectivity index (χ2n) is 4.26. The lowest BCUT2D eigenvalue weighted by molar-refractivity contribution is 0.0691. The lowest BCUT2D eigenvalue weighted by atomic mass is 10.1. The summed E-state index contributed by atoms with van der Waals surface area (Å²) in [6.07, 6.45) is 0. The van der Waals surface area contributed by atoms with Gasteiger partial charge in [0.2, 0.25) is 0 Å². The van der Waals surface area contributed by atoms with Crippen LogP contribution in [0.2, 0.25) is 5.02 Å². The van der Waals surface area contributed by atoms with Gasteiger partial charge < -0.3 is 5.11 Å². The molecule has 1 unspecified atom stereocenters. The van der Waals surface area contributed by atoms with E-state index in [1.54, 1.807) is 5.38 Å². The molecule has 0 fully saturated rings. The Morgan fingerprint density at radius 2 is 2.11 bits per heavy atom. The SMILES string of the molecule is CN(C)C(c1nc(C(=O)O)cs1)c1ccccc1Cl. The van der Waals surface area contributed by atoms with Crippen molar-refractivity contribution in [1.82, 2.24) is 9.88 Å². The molecule has 4 nitrogen and oxygen atoms in total. The zero-order valence-electron chi connectivity index (χ0n) is 10.5. The number of aromatic nitrogens is 1. The molecule has 1 atom stereocenters. The summed E-state index contributed by atoms with van der Waals surface area (Å²) in [5.41, 5.74) is 0.986. The van der Waals surface area contributed by atoms with Gasteiger partial charge in [-0.2, -0.15) is 0 Å². The molecular weight excluding hydrogens is 284 g/mol. The third kappa shape index (κ3) is 2.94. The largest absolute Gasteiger partial charge is 0.476 e. The molecule has 2 rings (SSSR count). The van der Waals surface area contributed by atoms with Crippen LogP contribution in [0.3, 0.4) is 0 Å². The first kappa shape index (κ1) is 14.0. The van der Waals surface area contributed by atoms with Gasteiger partial charge in [-0.05, 0) is 25.7 Å². The lowest BCUT2D eigenvalue weighted by Gasteiger charge is -2.23. The van der Waals surface area contributed by atoms with Gasteiger partial charge in [-0.25, -0.2) is 9.78 Å². The molecule has 0 amide bonds. The van der Waals surface area contributed by atoms with Gasteiger partial charge in [-0.15, -0.1) is 11.3 Å². The summed E-state index contributed by atoms with van der Waals surface area (Å²) in [5.74, 6) is -1.01. The van der Waals surface area contributed by atoms with E-state index in [0.717, 1.165) is 10.6 Å². The van der Waals surface area contributed by atoms with Crippen molar-refractivity contribution in [1.29, 1.82) is 0 Å². The molecule has 0 spiro atoms. The van der Waals surface area contributed by atoms with Crippen LogP contribution < -0.4 is 0 Å². The minimum atomic E-state index is -1.01. The predicted molar refractivity (Wildman–Crippen MR) is 76.1 cm³/mol. The Kier molecular flexibility index (Phi) is 4.19. The molecule has 100 valence electrons. The minimum absolute atomic E-state index is 0.0684. The fourth-order valence-electron chi connectivity index (χ4n) is 1.84. The Morgan fingerprint density at radius 3 is 2.63 bits per heavy atom. The number of rotatable bonds is 4. The molecule has 1 N–H and O–H groups in total. The molecule has 0 saturated heterocycles. The highest BCUT2D eigenvalue weighted by Crippen LogP contribution is 2.33. The van der Waals surface area contributed by atoms with Crippen LogP contribution in [0.1, 0.15) is 27.1 Å². The number of aromatic carboxylic acids is 1. The molecule has 1 aromatic carbocycles. The third-order valence-corrected chi connectivity index (χ3v) is 3.93. The van der Waals surface area contributed by atoms with Crippen LogP contribution in [0.25, 0.3) is 0 Å². The Hall–Kier alpha value is -1.43. The summed E-state index contributed by atoms with van der Waals surface area (Å²) >= 11 is 7.54. The maximum absolute atomic E-state index is 10.9. The van der Waals surface area contributed by atoms with Crippen LogP contribution in [0.15, 0.2) is 29.6 Å². The van der Waals surface area contributed by atoms with E-state index in [1.165, 1.54) is 11.3 Å². The molecule has 19 heavy (non-hydrogen) atoms. The summed E-state index contributed by atoms with van der Waals surface area (Å²) in [4.78, 5) is 17.0. The topological polar surface area (TPSA) is 53.4 Å². The van der Waals surface area contributed by atoms with Gasteiger partial charge in [-0.3, -0.25) is 4.90 Å². The number of hydrogen-bond acceptors (Lipinski definition) is 4. The number of hydrogen-bond donors (Lipinski definition) is 1. The molecule has 0 aliphatic rings. The first-order valence-corrected chi connectivity index (χ1v) is 6.86. The molecule has 6 heteroatoms. The van der Waals surface area contributed by atoms with Crippen molar-refractivity contribution in [3.05, 3.63) is 50.9 Å². The maximum Gasteiger partial charge on any atom is 0.355 e. The van der Waals surface area contributed by atoms with Gasteiger partial charge in [0.25, 0.3) is 0 Å². The zero-order valence-corrected chi connectivity index (χ0v) is 12.1. The molecule has 1 heterocycles. The first-order valence-electron chi connectivity index (χ1n) is 5.60. The number of nitrogens with zero attached hydrogens (tertiary/aromatic N) is 2. The lowest BCUT2D eigenvalue weighted by Crippen LogP contribution is -2.21. The second kappa shape index (κ2) is 5.69. The summed E-state index contributed by atoms with van der Waals surface area (Å²) in [7, 11) is 3.83. The van der Waals surface area contributed by atoms with Gasteiger partial charge in [0, 0.05) is 10.4 Å². The summed E-state index contributed by atoms with van der Waals surface area (Å²) in [6, 6.07) is 7.37. The van der Waals surface area contributed by atoms with Gasteiger partial charge >= 0.3 is 5.97 Å². The minimum Gasteiger partial charge on any atom is -0.476 e. The van der Waals surface area contributed by atoms with Crippen molar-refractivity contribution in [2.75, 3.05) is 14.1 Å². The number of thiazole rings is 1. The molecule has 1 aromatic heterocycles. The van der Waals surface area contributed by atoms with Crippen molar-refractivity contribution < 1.29 is 9.90 Å². The smallest absolute Gasteiger partial charge is 0.355 e. The van der Waals surface area contributed by atoms with Gasteiger partial charge in [0.15, 0.2) is 5.69 Å². The molecule has 0 aliphatic carbocycles. The normalized spacial score (nSPS) is 12.6. The van der Waals surface area contributed by atoms with E-state index in [-0.39, 0.29) is 11.7 Å². The van der Waals surface area contributed by atoms with E-state index < -0.39 is 5.97 Å². The van der Waals surface area contributed by atoms with Gasteiger partial charge in [-0.1, -0.05) is 29.8 Å². The van der Waals surface area contributed by atoms with Gasteiger partial charge in [0.1, 0.15) is 5.01 Å². The highest BCUT2D eigenvalue weighted by Gasteiger charge is 2.23. The van der Waals surface area contributed by atoms with E-state index in [9.17, 15) is 4.79 Å². The summed E-state index contributed by atoms with van der Waals surface area (Å²) < 4.78 is 0. The van der Waals surface area contributed by atoms with Crippen molar-refractivity contribution in [3.8, 4) is 0 Å². The number of carboxylic acids is 1. The van der Waals surface area contributed by atoms with Crippen LogP contribution >= 0.6 is 22.9 Å². The molecular formula is C13H13ClN2O2S. The molecule has 0 radical (unpaired) electrons. The van der Waals surface area contributed by atoms with Crippen LogP contribution in [-0.2, 0) is 0 Å². The number of carboxylic acid groups (broad SMARTS) is 1. The van der Waals surface area contributed by atoms with Crippen molar-refractivity contribution in [3.63, 3.8) is 0 Å². The van der Waals surface area contributed by atoms with Crippen LogP contribution in [0.4, 0.5) is 0 Å². The predicted octanol–water partition coefficient (Wildman–Crippen LogP) is 3.15. The fraction of sp³-hybridized carbons (Fsp3) is 0.231. The Balaban J connectivity index is 2.46. The van der Waals surface area contributed by atoms with Crippen LogP contribution in [0.5, 0.6) is 0 Å². The standard InChI is InChI=1S/C13H13ClN2O2S/c1-16(2)11(8-5-3-4-6-9(8)14)12-15-10(7-19-12)13(17)18/h3-7,11H,1-2H3,(H,17,18). The third-order valence-electron chi connectivity index (χ3n) is 2.69. The van der Waals surface area contributed by atoms with Crippen molar-refractivity contribution in [2.45, 2.75) is 6.04 Å². The van der Waals surface area contributed by atoms with Crippen LogP contribution in [-0.4, -0.2) is 35.1 Å². The summed E-state index contributed by atoms with van der Waals surface area (Å²) in [5, 5.41) is 11.9. The van der Waals surface area contributed by atoms with E-state index in [4.69, 9.17) is 16.7 Å². The average Bonchev–Trinajstić information content (AvgIpc) is 2.81. The second-order valence-corrected chi connectivity index (χ2v) is 5.56. The molecule has 0 bridgehead atoms. The monoisotopic (exact) mass is 296 g/mol. The van der Waals surface area contributed by atoms with Gasteiger partial charge in [0.05, 0.1) is 6.04 Å². The number of benzene rings is 1. The Morgan fingerprint density at radius 1 is 1.42 bits per heavy atom. The van der Waals surface area contributed by atoms with E-state index in [0.29, 0.717) is 5.02 Å². The van der Waals surface area contributed by atoms with E-state index in [2.05, 4.69) is 4.98 Å².